The van der Waals surface area contributed by atoms with E-state index >= 15 is 0 Å². The van der Waals surface area contributed by atoms with E-state index in [2.05, 4.69) is 22.0 Å². The third-order valence-electron chi connectivity index (χ3n) is 5.50. The van der Waals surface area contributed by atoms with Crippen molar-refractivity contribution in [2.75, 3.05) is 32.7 Å². The fourth-order valence-corrected chi connectivity index (χ4v) is 4.12. The summed E-state index contributed by atoms with van der Waals surface area (Å²) in [6, 6.07) is 0. The topological polar surface area (TPSA) is 23.6 Å². The van der Waals surface area contributed by atoms with Crippen molar-refractivity contribution in [3.63, 3.8) is 0 Å². The van der Waals surface area contributed by atoms with E-state index in [0.29, 0.717) is 11.8 Å². The number of carbonyl (C=O) groups excluding carboxylic acids is 1. The summed E-state index contributed by atoms with van der Waals surface area (Å²) in [5.74, 6) is 1.62. The quantitative estimate of drug-likeness (QED) is 0.746. The molecule has 21 heavy (non-hydrogen) atoms. The second kappa shape index (κ2) is 7.44. The van der Waals surface area contributed by atoms with Gasteiger partial charge in [-0.15, -0.1) is 0 Å². The van der Waals surface area contributed by atoms with Crippen LogP contribution in [-0.4, -0.2) is 48.4 Å². The second-order valence-electron chi connectivity index (χ2n) is 7.11. The van der Waals surface area contributed by atoms with E-state index in [-0.39, 0.29) is 0 Å². The van der Waals surface area contributed by atoms with Gasteiger partial charge < -0.3 is 9.80 Å². The lowest BCUT2D eigenvalue weighted by Crippen LogP contribution is -2.45. The Morgan fingerprint density at radius 3 is 2.38 bits per heavy atom. The molecule has 3 heteroatoms. The molecule has 3 rings (SSSR count). The van der Waals surface area contributed by atoms with Crippen molar-refractivity contribution in [2.45, 2.75) is 51.4 Å². The molecular formula is C18H30N2O. The van der Waals surface area contributed by atoms with E-state index in [1.807, 2.05) is 0 Å². The zero-order chi connectivity index (χ0) is 14.5. The molecule has 3 aliphatic rings. The van der Waals surface area contributed by atoms with Crippen LogP contribution in [0.4, 0.5) is 0 Å². The Morgan fingerprint density at radius 2 is 1.71 bits per heavy atom. The first-order valence-electron chi connectivity index (χ1n) is 8.99. The van der Waals surface area contributed by atoms with Gasteiger partial charge >= 0.3 is 0 Å². The molecule has 0 aromatic carbocycles. The molecule has 0 spiro atoms. The van der Waals surface area contributed by atoms with Crippen molar-refractivity contribution in [3.05, 3.63) is 12.2 Å². The summed E-state index contributed by atoms with van der Waals surface area (Å²) in [4.78, 5) is 17.3. The fourth-order valence-electron chi connectivity index (χ4n) is 4.12. The van der Waals surface area contributed by atoms with E-state index in [9.17, 15) is 4.79 Å². The Hall–Kier alpha value is -0.830. The van der Waals surface area contributed by atoms with E-state index in [1.54, 1.807) is 0 Å². The molecule has 2 aliphatic heterocycles. The smallest absolute Gasteiger partial charge is 0.225 e. The van der Waals surface area contributed by atoms with Gasteiger partial charge in [-0.3, -0.25) is 4.79 Å². The van der Waals surface area contributed by atoms with Crippen LogP contribution in [-0.2, 0) is 4.79 Å². The SMILES string of the molecule is O=C(C1CCN(CC2CC=CCC2)CC1)N1CCCCC1. The van der Waals surface area contributed by atoms with Crippen LogP contribution in [0.5, 0.6) is 0 Å². The van der Waals surface area contributed by atoms with Crippen LogP contribution < -0.4 is 0 Å². The minimum Gasteiger partial charge on any atom is -0.342 e. The van der Waals surface area contributed by atoms with Gasteiger partial charge in [-0.1, -0.05) is 12.2 Å². The highest BCUT2D eigenvalue weighted by atomic mass is 16.2. The maximum atomic E-state index is 12.5. The summed E-state index contributed by atoms with van der Waals surface area (Å²) in [5.41, 5.74) is 0. The van der Waals surface area contributed by atoms with Crippen molar-refractivity contribution < 1.29 is 4.79 Å². The summed E-state index contributed by atoms with van der Waals surface area (Å²) >= 11 is 0. The number of carbonyl (C=O) groups is 1. The van der Waals surface area contributed by atoms with Crippen molar-refractivity contribution in [2.24, 2.45) is 11.8 Å². The molecule has 0 saturated carbocycles. The Bertz CT molecular complexity index is 365. The highest BCUT2D eigenvalue weighted by Crippen LogP contribution is 2.25. The lowest BCUT2D eigenvalue weighted by Gasteiger charge is -2.37. The van der Waals surface area contributed by atoms with Crippen LogP contribution >= 0.6 is 0 Å². The summed E-state index contributed by atoms with van der Waals surface area (Å²) in [7, 11) is 0. The van der Waals surface area contributed by atoms with E-state index < -0.39 is 0 Å². The molecule has 1 aliphatic carbocycles. The number of rotatable bonds is 3. The minimum absolute atomic E-state index is 0.311. The predicted octanol–water partition coefficient (Wildman–Crippen LogP) is 3.07. The maximum Gasteiger partial charge on any atom is 0.225 e. The van der Waals surface area contributed by atoms with Crippen LogP contribution in [0.3, 0.4) is 0 Å². The average Bonchev–Trinajstić information content (AvgIpc) is 2.57. The third-order valence-corrected chi connectivity index (χ3v) is 5.50. The first-order chi connectivity index (χ1) is 10.3. The molecule has 1 unspecified atom stereocenters. The number of likely N-dealkylation sites (tertiary alicyclic amines) is 2. The number of piperidine rings is 2. The standard InChI is InChI=1S/C18H30N2O/c21-18(20-11-5-2-6-12-20)17-9-13-19(14-10-17)15-16-7-3-1-4-8-16/h1,3,16-17H,2,4-15H2. The molecule has 0 radical (unpaired) electrons. The van der Waals surface area contributed by atoms with Crippen LogP contribution in [0.2, 0.25) is 0 Å². The predicted molar refractivity (Wildman–Crippen MR) is 86.1 cm³/mol. The van der Waals surface area contributed by atoms with Gasteiger partial charge in [0.05, 0.1) is 0 Å². The molecule has 1 atom stereocenters. The van der Waals surface area contributed by atoms with Gasteiger partial charge in [0.25, 0.3) is 0 Å². The number of allylic oxidation sites excluding steroid dienone is 2. The molecule has 0 bridgehead atoms. The number of nitrogens with zero attached hydrogens (tertiary/aromatic N) is 2. The van der Waals surface area contributed by atoms with Crippen molar-refractivity contribution in [3.8, 4) is 0 Å². The lowest BCUT2D eigenvalue weighted by molar-refractivity contribution is -0.138. The van der Waals surface area contributed by atoms with Gasteiger partial charge in [-0.25, -0.2) is 0 Å². The molecule has 1 amide bonds. The minimum atomic E-state index is 0.311. The van der Waals surface area contributed by atoms with Gasteiger partial charge in [-0.2, -0.15) is 0 Å². The molecular weight excluding hydrogens is 260 g/mol. The zero-order valence-electron chi connectivity index (χ0n) is 13.3. The van der Waals surface area contributed by atoms with Crippen molar-refractivity contribution in [1.29, 1.82) is 0 Å². The largest absolute Gasteiger partial charge is 0.342 e. The van der Waals surface area contributed by atoms with E-state index in [0.717, 1.165) is 44.9 Å². The number of hydrogen-bond acceptors (Lipinski definition) is 2. The summed E-state index contributed by atoms with van der Waals surface area (Å²) < 4.78 is 0. The first kappa shape index (κ1) is 15.1. The first-order valence-corrected chi connectivity index (χ1v) is 8.99. The Kier molecular flexibility index (Phi) is 5.34. The average molecular weight is 290 g/mol. The molecule has 0 N–H and O–H groups in total. The molecule has 0 aromatic rings. The van der Waals surface area contributed by atoms with Gasteiger partial charge in [-0.05, 0) is 70.4 Å². The summed E-state index contributed by atoms with van der Waals surface area (Å²) in [6.07, 6.45) is 14.4. The summed E-state index contributed by atoms with van der Waals surface area (Å²) in [5, 5.41) is 0. The van der Waals surface area contributed by atoms with Crippen LogP contribution in [0, 0.1) is 11.8 Å². The Labute approximate surface area is 129 Å². The van der Waals surface area contributed by atoms with Crippen LogP contribution in [0.15, 0.2) is 12.2 Å². The van der Waals surface area contributed by atoms with E-state index in [1.165, 1.54) is 45.1 Å². The zero-order valence-corrected chi connectivity index (χ0v) is 13.3. The van der Waals surface area contributed by atoms with Crippen molar-refractivity contribution >= 4 is 5.91 Å². The van der Waals surface area contributed by atoms with Crippen LogP contribution in [0.25, 0.3) is 0 Å². The molecule has 0 aromatic heterocycles. The normalized spacial score (nSPS) is 28.8. The highest BCUT2D eigenvalue weighted by molar-refractivity contribution is 5.79. The van der Waals surface area contributed by atoms with Crippen LogP contribution in [0.1, 0.15) is 51.4 Å². The van der Waals surface area contributed by atoms with E-state index in [4.69, 9.17) is 0 Å². The number of amides is 1. The van der Waals surface area contributed by atoms with Gasteiger partial charge in [0.1, 0.15) is 0 Å². The lowest BCUT2D eigenvalue weighted by atomic mass is 9.91. The fraction of sp³-hybridized carbons (Fsp3) is 0.833. The van der Waals surface area contributed by atoms with Gasteiger partial charge in [0, 0.05) is 25.6 Å². The third kappa shape index (κ3) is 4.09. The molecule has 2 fully saturated rings. The number of hydrogen-bond donors (Lipinski definition) is 0. The molecule has 3 nitrogen and oxygen atoms in total. The second-order valence-corrected chi connectivity index (χ2v) is 7.11. The molecule has 2 saturated heterocycles. The maximum absolute atomic E-state index is 12.5. The Balaban J connectivity index is 1.41. The van der Waals surface area contributed by atoms with Crippen molar-refractivity contribution in [1.82, 2.24) is 9.80 Å². The Morgan fingerprint density at radius 1 is 0.952 bits per heavy atom. The monoisotopic (exact) mass is 290 g/mol. The van der Waals surface area contributed by atoms with Gasteiger partial charge in [0.15, 0.2) is 0 Å². The molecule has 2 heterocycles. The van der Waals surface area contributed by atoms with Gasteiger partial charge in [0.2, 0.25) is 5.91 Å². The summed E-state index contributed by atoms with van der Waals surface area (Å²) in [6.45, 7) is 5.52. The highest BCUT2D eigenvalue weighted by Gasteiger charge is 2.29. The molecule has 118 valence electrons.